The Labute approximate surface area is 194 Å². The summed E-state index contributed by atoms with van der Waals surface area (Å²) in [4.78, 5) is 22.5. The quantitative estimate of drug-likeness (QED) is 0.293. The molecular weight excluding hydrogens is 442 g/mol. The van der Waals surface area contributed by atoms with Crippen LogP contribution in [-0.2, 0) is 4.74 Å². The molecule has 32 heavy (non-hydrogen) atoms. The summed E-state index contributed by atoms with van der Waals surface area (Å²) in [6.45, 7) is 1.46. The molecule has 164 valence electrons. The second-order valence-corrected chi connectivity index (χ2v) is 8.80. The lowest BCUT2D eigenvalue weighted by Crippen LogP contribution is -2.11. The molecular formula is C23H23N5O2S2. The van der Waals surface area contributed by atoms with Crippen LogP contribution in [0, 0.1) is 0 Å². The van der Waals surface area contributed by atoms with Crippen LogP contribution in [0.4, 0.5) is 16.6 Å². The van der Waals surface area contributed by atoms with Crippen molar-refractivity contribution in [1.82, 2.24) is 9.97 Å². The average Bonchev–Trinajstić information content (AvgIpc) is 3.44. The topological polar surface area (TPSA) is 102 Å². The van der Waals surface area contributed by atoms with E-state index in [9.17, 15) is 4.79 Å². The lowest BCUT2D eigenvalue weighted by Gasteiger charge is -2.06. The van der Waals surface area contributed by atoms with Crippen molar-refractivity contribution in [3.05, 3.63) is 65.5 Å². The van der Waals surface area contributed by atoms with Gasteiger partial charge in [0, 0.05) is 42.5 Å². The number of amides is 1. The van der Waals surface area contributed by atoms with Crippen molar-refractivity contribution in [3.8, 4) is 21.1 Å². The van der Waals surface area contributed by atoms with Gasteiger partial charge in [0.05, 0.1) is 5.69 Å². The molecule has 0 bridgehead atoms. The van der Waals surface area contributed by atoms with E-state index in [-0.39, 0.29) is 5.91 Å². The van der Waals surface area contributed by atoms with Crippen molar-refractivity contribution < 1.29 is 9.53 Å². The number of nitrogens with two attached hydrogens (primary N) is 1. The largest absolute Gasteiger partial charge is 0.385 e. The molecule has 0 aliphatic rings. The molecule has 0 saturated carbocycles. The number of hydrogen-bond donors (Lipinski definition) is 3. The fourth-order valence-corrected chi connectivity index (χ4v) is 4.87. The van der Waals surface area contributed by atoms with E-state index in [0.29, 0.717) is 23.7 Å². The van der Waals surface area contributed by atoms with Gasteiger partial charge < -0.3 is 21.1 Å². The minimum Gasteiger partial charge on any atom is -0.385 e. The molecule has 1 amide bonds. The number of nitrogens with zero attached hydrogens (tertiary/aromatic N) is 2. The Kier molecular flexibility index (Phi) is 7.10. The molecule has 0 aliphatic heterocycles. The van der Waals surface area contributed by atoms with Crippen LogP contribution in [0.25, 0.3) is 21.1 Å². The number of methoxy groups -OCH3 is 1. The number of nitrogen functional groups attached to an aromatic ring is 1. The zero-order chi connectivity index (χ0) is 22.3. The van der Waals surface area contributed by atoms with E-state index in [1.807, 2.05) is 47.8 Å². The smallest absolute Gasteiger partial charge is 0.255 e. The standard InChI is InChI=1S/C23H23N5O2S2/c1-30-12-6-11-25-23-28-20(24)19(32-23)22-27-18(14-31-22)16-9-5-10-17(13-16)26-21(29)15-7-3-2-4-8-15/h2-5,7-10,13-14H,6,11-12,24H2,1H3,(H,25,28)(H,26,29). The van der Waals surface area contributed by atoms with E-state index in [1.165, 1.54) is 22.7 Å². The third-order valence-electron chi connectivity index (χ3n) is 4.61. The highest BCUT2D eigenvalue weighted by Crippen LogP contribution is 2.38. The fraction of sp³-hybridized carbons (Fsp3) is 0.174. The van der Waals surface area contributed by atoms with Gasteiger partial charge in [0.15, 0.2) is 5.13 Å². The minimum absolute atomic E-state index is 0.148. The van der Waals surface area contributed by atoms with E-state index in [4.69, 9.17) is 15.5 Å². The summed E-state index contributed by atoms with van der Waals surface area (Å²) < 4.78 is 5.06. The first kappa shape index (κ1) is 21.9. The SMILES string of the molecule is COCCCNc1nc(N)c(-c2nc(-c3cccc(NC(=O)c4ccccc4)c3)cs2)s1. The van der Waals surface area contributed by atoms with Gasteiger partial charge in [-0.3, -0.25) is 4.79 Å². The van der Waals surface area contributed by atoms with Gasteiger partial charge in [-0.25, -0.2) is 9.97 Å². The van der Waals surface area contributed by atoms with Crippen LogP contribution in [0.15, 0.2) is 60.0 Å². The molecule has 0 radical (unpaired) electrons. The molecule has 0 fully saturated rings. The van der Waals surface area contributed by atoms with Crippen molar-refractivity contribution in [2.75, 3.05) is 36.6 Å². The third kappa shape index (κ3) is 5.31. The molecule has 9 heteroatoms. The summed E-state index contributed by atoms with van der Waals surface area (Å²) in [6.07, 6.45) is 0.893. The molecule has 2 aromatic heterocycles. The summed E-state index contributed by atoms with van der Waals surface area (Å²) in [5.41, 5.74) is 9.20. The maximum absolute atomic E-state index is 12.4. The van der Waals surface area contributed by atoms with E-state index < -0.39 is 0 Å². The third-order valence-corrected chi connectivity index (χ3v) is 6.63. The Hall–Kier alpha value is -3.27. The number of aromatic nitrogens is 2. The van der Waals surface area contributed by atoms with Crippen LogP contribution in [-0.4, -0.2) is 36.1 Å². The first-order valence-corrected chi connectivity index (χ1v) is 11.8. The Balaban J connectivity index is 1.48. The van der Waals surface area contributed by atoms with E-state index >= 15 is 0 Å². The average molecular weight is 466 g/mol. The number of nitrogens with one attached hydrogen (secondary N) is 2. The van der Waals surface area contributed by atoms with E-state index in [2.05, 4.69) is 15.6 Å². The number of ether oxygens (including phenoxy) is 1. The Morgan fingerprint density at radius 3 is 2.78 bits per heavy atom. The first-order valence-electron chi connectivity index (χ1n) is 10.1. The van der Waals surface area contributed by atoms with Gasteiger partial charge in [0.25, 0.3) is 5.91 Å². The predicted molar refractivity (Wildman–Crippen MR) is 132 cm³/mol. The summed E-state index contributed by atoms with van der Waals surface area (Å²) in [6, 6.07) is 16.8. The number of carbonyl (C=O) groups excluding carboxylic acids is 1. The first-order chi connectivity index (χ1) is 15.6. The second kappa shape index (κ2) is 10.4. The molecule has 0 spiro atoms. The molecule has 4 N–H and O–H groups in total. The van der Waals surface area contributed by atoms with Crippen molar-refractivity contribution in [2.24, 2.45) is 0 Å². The maximum Gasteiger partial charge on any atom is 0.255 e. The van der Waals surface area contributed by atoms with Crippen molar-refractivity contribution in [2.45, 2.75) is 6.42 Å². The minimum atomic E-state index is -0.148. The van der Waals surface area contributed by atoms with Crippen molar-refractivity contribution in [1.29, 1.82) is 0 Å². The van der Waals surface area contributed by atoms with E-state index in [0.717, 1.165) is 39.2 Å². The molecule has 0 atom stereocenters. The molecule has 0 unspecified atom stereocenters. The zero-order valence-electron chi connectivity index (χ0n) is 17.5. The Morgan fingerprint density at radius 2 is 1.97 bits per heavy atom. The molecule has 2 heterocycles. The van der Waals surface area contributed by atoms with Crippen molar-refractivity contribution in [3.63, 3.8) is 0 Å². The molecule has 2 aromatic carbocycles. The number of rotatable bonds is 9. The number of anilines is 3. The highest BCUT2D eigenvalue weighted by molar-refractivity contribution is 7.23. The van der Waals surface area contributed by atoms with Gasteiger partial charge in [-0.2, -0.15) is 0 Å². The Bertz CT molecular complexity index is 1190. The van der Waals surface area contributed by atoms with Crippen LogP contribution >= 0.6 is 22.7 Å². The normalized spacial score (nSPS) is 10.8. The molecule has 4 aromatic rings. The van der Waals surface area contributed by atoms with Gasteiger partial charge in [-0.15, -0.1) is 11.3 Å². The van der Waals surface area contributed by atoms with E-state index in [1.54, 1.807) is 19.2 Å². The monoisotopic (exact) mass is 465 g/mol. The van der Waals surface area contributed by atoms with Crippen LogP contribution in [0.1, 0.15) is 16.8 Å². The highest BCUT2D eigenvalue weighted by Gasteiger charge is 2.15. The molecule has 7 nitrogen and oxygen atoms in total. The summed E-state index contributed by atoms with van der Waals surface area (Å²) in [5.74, 6) is 0.318. The summed E-state index contributed by atoms with van der Waals surface area (Å²) in [5, 5.41) is 9.79. The van der Waals surface area contributed by atoms with Gasteiger partial charge >= 0.3 is 0 Å². The van der Waals surface area contributed by atoms with Gasteiger partial charge in [-0.1, -0.05) is 41.7 Å². The zero-order valence-corrected chi connectivity index (χ0v) is 19.1. The lowest BCUT2D eigenvalue weighted by molar-refractivity contribution is 0.102. The van der Waals surface area contributed by atoms with Gasteiger partial charge in [-0.05, 0) is 30.7 Å². The molecule has 0 aliphatic carbocycles. The number of thiazole rings is 2. The summed E-state index contributed by atoms with van der Waals surface area (Å²) in [7, 11) is 1.69. The second-order valence-electron chi connectivity index (χ2n) is 6.95. The Morgan fingerprint density at radius 1 is 1.12 bits per heavy atom. The van der Waals surface area contributed by atoms with Gasteiger partial charge in [0.1, 0.15) is 15.7 Å². The summed E-state index contributed by atoms with van der Waals surface area (Å²) >= 11 is 3.01. The molecule has 0 saturated heterocycles. The highest BCUT2D eigenvalue weighted by atomic mass is 32.1. The number of carbonyl (C=O) groups is 1. The van der Waals surface area contributed by atoms with Crippen LogP contribution in [0.3, 0.4) is 0 Å². The maximum atomic E-state index is 12.4. The lowest BCUT2D eigenvalue weighted by atomic mass is 10.1. The molecule has 4 rings (SSSR count). The van der Waals surface area contributed by atoms with Gasteiger partial charge in [0.2, 0.25) is 0 Å². The predicted octanol–water partition coefficient (Wildman–Crippen LogP) is 5.22. The van der Waals surface area contributed by atoms with Crippen molar-refractivity contribution >= 4 is 45.2 Å². The number of hydrogen-bond acceptors (Lipinski definition) is 8. The fourth-order valence-electron chi connectivity index (χ4n) is 3.03. The number of benzene rings is 2. The van der Waals surface area contributed by atoms with Crippen LogP contribution in [0.2, 0.25) is 0 Å². The van der Waals surface area contributed by atoms with Crippen LogP contribution < -0.4 is 16.4 Å². The van der Waals surface area contributed by atoms with Crippen LogP contribution in [0.5, 0.6) is 0 Å².